The molecule has 2 heterocycles. The van der Waals surface area contributed by atoms with E-state index in [-0.39, 0.29) is 0 Å². The Morgan fingerprint density at radius 2 is 0.774 bits per heavy atom. The molecule has 0 unspecified atom stereocenters. The van der Waals surface area contributed by atoms with Gasteiger partial charge < -0.3 is 9.64 Å². The quantitative estimate of drug-likeness (QED) is 0.155. The van der Waals surface area contributed by atoms with Crippen LogP contribution in [0.3, 0.4) is 0 Å². The minimum Gasteiger partial charge on any atom is -0.458 e. The molecule has 0 fully saturated rings. The first-order chi connectivity index (χ1) is 30.8. The Labute approximate surface area is 364 Å². The molecule has 62 heavy (non-hydrogen) atoms. The van der Waals surface area contributed by atoms with Crippen molar-refractivity contribution in [2.45, 2.75) is 0 Å². The second kappa shape index (κ2) is 14.6. The summed E-state index contributed by atoms with van der Waals surface area (Å²) < 4.78 is 6.85. The number of ether oxygens (including phenoxy) is 1. The lowest BCUT2D eigenvalue weighted by atomic mass is 10.0. The summed E-state index contributed by atoms with van der Waals surface area (Å²) in [4.78, 5) is 2.49. The summed E-state index contributed by atoms with van der Waals surface area (Å²) in [5.74, 6) is 1.90. The van der Waals surface area contributed by atoms with Gasteiger partial charge in [-0.05, 0) is 100 Å². The summed E-state index contributed by atoms with van der Waals surface area (Å²) in [6, 6.07) is 92.7. The van der Waals surface area contributed by atoms with Gasteiger partial charge in [0.15, 0.2) is 16.1 Å². The number of hydrogen-bond donors (Lipinski definition) is 0. The number of hydrogen-bond acceptors (Lipinski definition) is 2. The summed E-state index contributed by atoms with van der Waals surface area (Å²) in [7, 11) is -6.07. The Balaban J connectivity index is 1.22. The van der Waals surface area contributed by atoms with E-state index >= 15 is 0 Å². The minimum atomic E-state index is -3.05. The van der Waals surface area contributed by atoms with Crippen molar-refractivity contribution < 1.29 is 4.74 Å². The molecule has 4 heteroatoms. The molecule has 0 aromatic heterocycles. The van der Waals surface area contributed by atoms with Gasteiger partial charge in [0.2, 0.25) is 0 Å². The first-order valence-corrected chi connectivity index (χ1v) is 25.4. The van der Waals surface area contributed by atoms with Crippen molar-refractivity contribution >= 4 is 85.5 Å². The number of nitrogens with zero attached hydrogens (tertiary/aromatic N) is 1. The van der Waals surface area contributed by atoms with Crippen LogP contribution < -0.4 is 51.1 Å². The number of fused-ring (bicyclic) bond motifs is 9. The van der Waals surface area contributed by atoms with Gasteiger partial charge in [-0.3, -0.25) is 0 Å². The van der Waals surface area contributed by atoms with Crippen LogP contribution in [-0.2, 0) is 0 Å². The van der Waals surface area contributed by atoms with Gasteiger partial charge in [-0.2, -0.15) is 0 Å². The summed E-state index contributed by atoms with van der Waals surface area (Å²) in [5, 5.41) is 13.5. The van der Waals surface area contributed by atoms with Crippen molar-refractivity contribution in [3.8, 4) is 22.6 Å². The summed E-state index contributed by atoms with van der Waals surface area (Å²) in [5.41, 5.74) is 5.79. The van der Waals surface area contributed by atoms with Crippen molar-refractivity contribution in [3.63, 3.8) is 0 Å². The summed E-state index contributed by atoms with van der Waals surface area (Å²) in [6.07, 6.45) is 0. The van der Waals surface area contributed by atoms with Crippen LogP contribution in [0.5, 0.6) is 11.5 Å². The zero-order valence-electron chi connectivity index (χ0n) is 34.0. The fourth-order valence-corrected chi connectivity index (χ4v) is 23.0. The first-order valence-electron chi connectivity index (χ1n) is 21.4. The zero-order valence-corrected chi connectivity index (χ0v) is 36.0. The van der Waals surface area contributed by atoms with Crippen LogP contribution in [0.1, 0.15) is 0 Å². The molecule has 2 aliphatic heterocycles. The Morgan fingerprint density at radius 3 is 1.42 bits per heavy atom. The maximum atomic E-state index is 6.85. The van der Waals surface area contributed by atoms with E-state index in [0.717, 1.165) is 28.6 Å². The summed E-state index contributed by atoms with van der Waals surface area (Å²) in [6.45, 7) is 0. The number of rotatable bonds is 6. The fourth-order valence-electron chi connectivity index (χ4n) is 10.7. The van der Waals surface area contributed by atoms with Gasteiger partial charge in [0.1, 0.15) is 11.5 Å². The van der Waals surface area contributed by atoms with E-state index in [1.54, 1.807) is 0 Å². The van der Waals surface area contributed by atoms with Crippen LogP contribution in [0.25, 0.3) is 21.9 Å². The molecule has 0 atom stereocenters. The number of para-hydroxylation sites is 2. The van der Waals surface area contributed by atoms with Gasteiger partial charge in [-0.25, -0.2) is 0 Å². The van der Waals surface area contributed by atoms with Gasteiger partial charge in [-0.1, -0.05) is 206 Å². The SMILES string of the molecule is c1ccc(-c2ccc(N(c3ccc4c(c3)[Si](c3ccccc3)(c3ccccc3)c3ccccc3[Si]43c4ccccc4Oc4ccccc43)c3cccc4ccccc34)cc2)cc1. The van der Waals surface area contributed by atoms with Gasteiger partial charge in [0.25, 0.3) is 0 Å². The molecular weight excluding hydrogens is 783 g/mol. The van der Waals surface area contributed by atoms with E-state index in [1.165, 1.54) is 63.4 Å². The molecule has 292 valence electrons. The number of anilines is 3. The van der Waals surface area contributed by atoms with Gasteiger partial charge in [0, 0.05) is 16.8 Å². The molecule has 0 aliphatic carbocycles. The highest BCUT2D eigenvalue weighted by atomic mass is 28.3. The second-order valence-electron chi connectivity index (χ2n) is 16.3. The zero-order chi connectivity index (χ0) is 41.1. The van der Waals surface area contributed by atoms with Crippen molar-refractivity contribution in [1.82, 2.24) is 0 Å². The molecule has 2 aliphatic rings. The minimum absolute atomic E-state index is 0.951. The third-order valence-corrected chi connectivity index (χ3v) is 23.6. The Hall–Kier alpha value is -7.51. The van der Waals surface area contributed by atoms with Crippen LogP contribution in [0.2, 0.25) is 0 Å². The normalized spacial score (nSPS) is 13.9. The third-order valence-electron chi connectivity index (χ3n) is 13.3. The molecule has 1 spiro atoms. The van der Waals surface area contributed by atoms with E-state index in [0.29, 0.717) is 0 Å². The van der Waals surface area contributed by atoms with Crippen LogP contribution >= 0.6 is 0 Å². The van der Waals surface area contributed by atoms with Gasteiger partial charge in [-0.15, -0.1) is 0 Å². The fraction of sp³-hybridized carbons (Fsp3) is 0. The molecule has 10 aromatic rings. The Kier molecular flexibility index (Phi) is 8.56. The van der Waals surface area contributed by atoms with E-state index in [9.17, 15) is 0 Å². The smallest absolute Gasteiger partial charge is 0.188 e. The molecule has 2 nitrogen and oxygen atoms in total. The maximum Gasteiger partial charge on any atom is 0.188 e. The molecule has 0 saturated heterocycles. The van der Waals surface area contributed by atoms with Crippen LogP contribution in [0.15, 0.2) is 249 Å². The lowest BCUT2D eigenvalue weighted by Gasteiger charge is -2.50. The highest BCUT2D eigenvalue weighted by Gasteiger charge is 2.59. The standard InChI is InChI=1S/C58H41NOSi2/c1-4-19-42(20-5-1)43-35-37-45(38-36-43)59(50-28-18-22-44-21-10-11-27-49(44)50)46-39-40-57-58(41-46)61(47-23-6-2-7-24-47,48-25-8-3-9-26-48)55-33-16-17-34-56(55)62(57)53-31-14-12-29-51(53)60-52-30-13-15-32-54(52)62/h1-41H. The third kappa shape index (κ3) is 5.34. The topological polar surface area (TPSA) is 12.5 Å². The highest BCUT2D eigenvalue weighted by Crippen LogP contribution is 2.40. The van der Waals surface area contributed by atoms with Gasteiger partial charge in [0.05, 0.1) is 5.69 Å². The average molecular weight is 824 g/mol. The molecule has 12 rings (SSSR count). The predicted molar refractivity (Wildman–Crippen MR) is 265 cm³/mol. The molecule has 0 amide bonds. The molecule has 0 radical (unpaired) electrons. The molecule has 0 bridgehead atoms. The van der Waals surface area contributed by atoms with E-state index in [1.807, 2.05) is 0 Å². The van der Waals surface area contributed by atoms with Crippen molar-refractivity contribution in [1.29, 1.82) is 0 Å². The van der Waals surface area contributed by atoms with Crippen LogP contribution in [0, 0.1) is 0 Å². The Morgan fingerprint density at radius 1 is 0.306 bits per heavy atom. The first kappa shape index (κ1) is 36.4. The summed E-state index contributed by atoms with van der Waals surface area (Å²) >= 11 is 0. The predicted octanol–water partition coefficient (Wildman–Crippen LogP) is 9.15. The highest BCUT2D eigenvalue weighted by molar-refractivity contribution is 7.33. The lowest BCUT2D eigenvalue weighted by Crippen LogP contribution is -2.93. The molecule has 10 aromatic carbocycles. The monoisotopic (exact) mass is 823 g/mol. The van der Waals surface area contributed by atoms with Crippen LogP contribution in [-0.4, -0.2) is 16.1 Å². The largest absolute Gasteiger partial charge is 0.458 e. The maximum absolute atomic E-state index is 6.85. The van der Waals surface area contributed by atoms with Crippen molar-refractivity contribution in [3.05, 3.63) is 249 Å². The van der Waals surface area contributed by atoms with Crippen molar-refractivity contribution in [2.24, 2.45) is 0 Å². The lowest BCUT2D eigenvalue weighted by molar-refractivity contribution is 0.487. The Bertz CT molecular complexity index is 3190. The molecule has 0 saturated carbocycles. The number of benzene rings is 10. The van der Waals surface area contributed by atoms with E-state index < -0.39 is 16.1 Å². The molecular formula is C58H41NOSi2. The van der Waals surface area contributed by atoms with Crippen LogP contribution in [0.4, 0.5) is 17.1 Å². The van der Waals surface area contributed by atoms with Gasteiger partial charge >= 0.3 is 0 Å². The van der Waals surface area contributed by atoms with E-state index in [2.05, 4.69) is 254 Å². The van der Waals surface area contributed by atoms with E-state index in [4.69, 9.17) is 4.74 Å². The second-order valence-corrected chi connectivity index (χ2v) is 23.7. The van der Waals surface area contributed by atoms with Crippen molar-refractivity contribution in [2.75, 3.05) is 4.90 Å². The molecule has 0 N–H and O–H groups in total. The average Bonchev–Trinajstić information content (AvgIpc) is 3.35.